The third-order valence-electron chi connectivity index (χ3n) is 4.02. The highest BCUT2D eigenvalue weighted by Gasteiger charge is 2.23. The monoisotopic (exact) mass is 279 g/mol. The lowest BCUT2D eigenvalue weighted by Crippen LogP contribution is -2.24. The van der Waals surface area contributed by atoms with Crippen molar-refractivity contribution < 1.29 is 9.53 Å². The second-order valence-corrected chi connectivity index (χ2v) is 5.89. The van der Waals surface area contributed by atoms with Gasteiger partial charge in [0.2, 0.25) is 0 Å². The van der Waals surface area contributed by atoms with Gasteiger partial charge in [-0.2, -0.15) is 0 Å². The Labute approximate surface area is 118 Å². The van der Waals surface area contributed by atoms with E-state index in [4.69, 9.17) is 16.3 Å². The quantitative estimate of drug-likeness (QED) is 0.863. The van der Waals surface area contributed by atoms with Crippen LogP contribution in [0, 0.1) is 5.92 Å². The Morgan fingerprint density at radius 1 is 1.42 bits per heavy atom. The molecule has 1 atom stereocenters. The van der Waals surface area contributed by atoms with Crippen LogP contribution >= 0.6 is 11.6 Å². The van der Waals surface area contributed by atoms with Crippen molar-refractivity contribution in [2.45, 2.75) is 31.1 Å². The van der Waals surface area contributed by atoms with Crippen molar-refractivity contribution in [3.8, 4) is 5.75 Å². The predicted octanol–water partition coefficient (Wildman–Crippen LogP) is 3.28. The lowest BCUT2D eigenvalue weighted by molar-refractivity contribution is 0.0957. The molecular formula is C15H18ClNO2. The van der Waals surface area contributed by atoms with Gasteiger partial charge in [-0.25, -0.2) is 0 Å². The summed E-state index contributed by atoms with van der Waals surface area (Å²) in [5.41, 5.74) is 1.63. The average molecular weight is 280 g/mol. The first-order valence-electron chi connectivity index (χ1n) is 6.93. The topological polar surface area (TPSA) is 38.3 Å². The van der Waals surface area contributed by atoms with Crippen molar-refractivity contribution in [3.63, 3.8) is 0 Å². The minimum Gasteiger partial charge on any atom is -0.491 e. The van der Waals surface area contributed by atoms with Crippen LogP contribution < -0.4 is 10.1 Å². The van der Waals surface area contributed by atoms with Crippen LogP contribution in [-0.2, 0) is 0 Å². The van der Waals surface area contributed by atoms with Crippen LogP contribution in [0.15, 0.2) is 18.2 Å². The van der Waals surface area contributed by atoms with E-state index in [-0.39, 0.29) is 11.3 Å². The first-order valence-corrected chi connectivity index (χ1v) is 7.36. The lowest BCUT2D eigenvalue weighted by Gasteiger charge is -2.27. The molecule has 1 fully saturated rings. The standard InChI is InChI=1S/C15H18ClNO2/c16-13(8-10-2-1-3-10)11-4-5-14-12(9-11)15(18)17-6-7-19-14/h4-5,9-10,13H,1-3,6-8H2,(H,17,18). The molecule has 1 aromatic rings. The minimum absolute atomic E-state index is 0.00773. The van der Waals surface area contributed by atoms with Gasteiger partial charge in [0, 0.05) is 0 Å². The molecule has 1 aliphatic carbocycles. The second kappa shape index (κ2) is 5.41. The van der Waals surface area contributed by atoms with Crippen LogP contribution in [0.3, 0.4) is 0 Å². The van der Waals surface area contributed by atoms with Crippen molar-refractivity contribution in [2.24, 2.45) is 5.92 Å². The number of nitrogens with one attached hydrogen (secondary N) is 1. The number of fused-ring (bicyclic) bond motifs is 1. The van der Waals surface area contributed by atoms with E-state index in [1.165, 1.54) is 19.3 Å². The largest absolute Gasteiger partial charge is 0.491 e. The molecule has 0 aromatic heterocycles. The van der Waals surface area contributed by atoms with E-state index in [1.54, 1.807) is 0 Å². The Morgan fingerprint density at radius 3 is 3.00 bits per heavy atom. The van der Waals surface area contributed by atoms with Crippen LogP contribution in [-0.4, -0.2) is 19.1 Å². The first kappa shape index (κ1) is 12.8. The van der Waals surface area contributed by atoms with Gasteiger partial charge in [0.1, 0.15) is 12.4 Å². The van der Waals surface area contributed by atoms with E-state index in [0.29, 0.717) is 24.5 Å². The third kappa shape index (κ3) is 2.71. The van der Waals surface area contributed by atoms with Crippen LogP contribution in [0.25, 0.3) is 0 Å². The Bertz CT molecular complexity index is 485. The normalized spacial score (nSPS) is 20.6. The lowest BCUT2D eigenvalue weighted by atomic mass is 9.81. The molecule has 102 valence electrons. The summed E-state index contributed by atoms with van der Waals surface area (Å²) in [5, 5.41) is 2.82. The summed E-state index contributed by atoms with van der Waals surface area (Å²) in [6.07, 6.45) is 4.91. The van der Waals surface area contributed by atoms with Crippen LogP contribution in [0.5, 0.6) is 5.75 Å². The number of hydrogen-bond acceptors (Lipinski definition) is 2. The van der Waals surface area contributed by atoms with E-state index < -0.39 is 0 Å². The maximum atomic E-state index is 11.9. The van der Waals surface area contributed by atoms with Crippen molar-refractivity contribution in [1.82, 2.24) is 5.32 Å². The molecule has 2 aliphatic rings. The number of ether oxygens (including phenoxy) is 1. The fourth-order valence-corrected chi connectivity index (χ4v) is 3.01. The highest BCUT2D eigenvalue weighted by molar-refractivity contribution is 6.20. The van der Waals surface area contributed by atoms with Gasteiger partial charge in [0.15, 0.2) is 0 Å². The molecule has 3 rings (SSSR count). The number of carbonyl (C=O) groups excluding carboxylic acids is 1. The summed E-state index contributed by atoms with van der Waals surface area (Å²) in [5.74, 6) is 1.35. The van der Waals surface area contributed by atoms with Crippen molar-refractivity contribution in [3.05, 3.63) is 29.3 Å². The highest BCUT2D eigenvalue weighted by Crippen LogP contribution is 2.38. The van der Waals surface area contributed by atoms with Crippen LogP contribution in [0.4, 0.5) is 0 Å². The molecule has 1 unspecified atom stereocenters. The van der Waals surface area contributed by atoms with E-state index in [2.05, 4.69) is 5.32 Å². The minimum atomic E-state index is -0.0677. The van der Waals surface area contributed by atoms with Gasteiger partial charge in [-0.1, -0.05) is 25.3 Å². The summed E-state index contributed by atoms with van der Waals surface area (Å²) < 4.78 is 5.54. The van der Waals surface area contributed by atoms with Gasteiger partial charge in [-0.3, -0.25) is 4.79 Å². The number of amides is 1. The molecule has 3 nitrogen and oxygen atoms in total. The predicted molar refractivity (Wildman–Crippen MR) is 74.8 cm³/mol. The zero-order valence-corrected chi connectivity index (χ0v) is 11.6. The number of rotatable bonds is 3. The zero-order valence-electron chi connectivity index (χ0n) is 10.8. The van der Waals surface area contributed by atoms with Gasteiger partial charge < -0.3 is 10.1 Å². The molecular weight excluding hydrogens is 262 g/mol. The Kier molecular flexibility index (Phi) is 3.65. The molecule has 0 radical (unpaired) electrons. The van der Waals surface area contributed by atoms with E-state index in [9.17, 15) is 4.79 Å². The van der Waals surface area contributed by atoms with Gasteiger partial charge >= 0.3 is 0 Å². The molecule has 1 heterocycles. The van der Waals surface area contributed by atoms with Crippen LogP contribution in [0.2, 0.25) is 0 Å². The molecule has 1 amide bonds. The second-order valence-electron chi connectivity index (χ2n) is 5.36. The van der Waals surface area contributed by atoms with Gasteiger partial charge in [-0.05, 0) is 30.0 Å². The number of hydrogen-bond donors (Lipinski definition) is 1. The Morgan fingerprint density at radius 2 is 2.26 bits per heavy atom. The SMILES string of the molecule is O=C1NCCOc2ccc(C(Cl)CC3CCC3)cc21. The smallest absolute Gasteiger partial charge is 0.255 e. The summed E-state index contributed by atoms with van der Waals surface area (Å²) in [6, 6.07) is 5.73. The molecule has 1 saturated carbocycles. The van der Waals surface area contributed by atoms with Crippen LogP contribution in [0.1, 0.15) is 47.0 Å². The van der Waals surface area contributed by atoms with E-state index >= 15 is 0 Å². The number of benzene rings is 1. The first-order chi connectivity index (χ1) is 9.24. The number of carbonyl (C=O) groups is 1. The zero-order chi connectivity index (χ0) is 13.2. The van der Waals surface area contributed by atoms with Gasteiger partial charge in [-0.15, -0.1) is 11.6 Å². The molecule has 19 heavy (non-hydrogen) atoms. The van der Waals surface area contributed by atoms with Gasteiger partial charge in [0.05, 0.1) is 17.5 Å². The Hall–Kier alpha value is -1.22. The fourth-order valence-electron chi connectivity index (χ4n) is 2.62. The molecule has 4 heteroatoms. The average Bonchev–Trinajstić information content (AvgIpc) is 2.55. The third-order valence-corrected chi connectivity index (χ3v) is 4.45. The molecule has 0 spiro atoms. The maximum absolute atomic E-state index is 11.9. The number of halogens is 1. The highest BCUT2D eigenvalue weighted by atomic mass is 35.5. The van der Waals surface area contributed by atoms with Crippen molar-refractivity contribution >= 4 is 17.5 Å². The Balaban J connectivity index is 1.80. The summed E-state index contributed by atoms with van der Waals surface area (Å²) >= 11 is 6.47. The molecule has 0 bridgehead atoms. The van der Waals surface area contributed by atoms with E-state index in [0.717, 1.165) is 17.9 Å². The molecule has 0 saturated heterocycles. The van der Waals surface area contributed by atoms with Gasteiger partial charge in [0.25, 0.3) is 5.91 Å². The summed E-state index contributed by atoms with van der Waals surface area (Å²) in [4.78, 5) is 11.9. The summed E-state index contributed by atoms with van der Waals surface area (Å²) in [7, 11) is 0. The number of alkyl halides is 1. The molecule has 1 N–H and O–H groups in total. The summed E-state index contributed by atoms with van der Waals surface area (Å²) in [6.45, 7) is 1.07. The fraction of sp³-hybridized carbons (Fsp3) is 0.533. The van der Waals surface area contributed by atoms with Crippen molar-refractivity contribution in [2.75, 3.05) is 13.2 Å². The van der Waals surface area contributed by atoms with Crippen molar-refractivity contribution in [1.29, 1.82) is 0 Å². The maximum Gasteiger partial charge on any atom is 0.255 e. The molecule has 1 aromatic carbocycles. The molecule has 1 aliphatic heterocycles. The van der Waals surface area contributed by atoms with E-state index in [1.807, 2.05) is 18.2 Å².